The van der Waals surface area contributed by atoms with Crippen LogP contribution < -0.4 is 5.32 Å². The Labute approximate surface area is 112 Å². The van der Waals surface area contributed by atoms with Gasteiger partial charge in [-0.15, -0.1) is 11.8 Å². The predicted molar refractivity (Wildman–Crippen MR) is 79.6 cm³/mol. The van der Waals surface area contributed by atoms with Gasteiger partial charge < -0.3 is 5.32 Å². The molecular weight excluding hydrogens is 218 g/mol. The van der Waals surface area contributed by atoms with Crippen LogP contribution in [0.3, 0.4) is 0 Å². The van der Waals surface area contributed by atoms with Crippen molar-refractivity contribution in [1.29, 1.82) is 0 Å². The summed E-state index contributed by atoms with van der Waals surface area (Å²) in [7, 11) is 0. The average Bonchev–Trinajstić information content (AvgIpc) is 2.38. The maximum absolute atomic E-state index is 3.56. The van der Waals surface area contributed by atoms with Crippen molar-refractivity contribution in [2.45, 2.75) is 52.5 Å². The van der Waals surface area contributed by atoms with Gasteiger partial charge in [-0.3, -0.25) is 0 Å². The highest BCUT2D eigenvalue weighted by molar-refractivity contribution is 5.25. The largest absolute Gasteiger partial charge is 0.314 e. The Kier molecular flexibility index (Phi) is 7.22. The van der Waals surface area contributed by atoms with Gasteiger partial charge in [0.15, 0.2) is 0 Å². The minimum Gasteiger partial charge on any atom is -0.314 e. The molecule has 1 atom stereocenters. The summed E-state index contributed by atoms with van der Waals surface area (Å²) in [5.74, 6) is 6.13. The summed E-state index contributed by atoms with van der Waals surface area (Å²) in [5.41, 5.74) is 2.88. The number of hydrogen-bond donors (Lipinski definition) is 1. The number of rotatable bonds is 7. The first kappa shape index (κ1) is 14.8. The molecular formula is C17H25N. The van der Waals surface area contributed by atoms with Crippen molar-refractivity contribution < 1.29 is 0 Å². The van der Waals surface area contributed by atoms with Gasteiger partial charge in [0.1, 0.15) is 0 Å². The molecule has 1 N–H and O–H groups in total. The Balaban J connectivity index is 2.45. The summed E-state index contributed by atoms with van der Waals surface area (Å²) in [5, 5.41) is 3.56. The fourth-order valence-corrected chi connectivity index (χ4v) is 2.23. The molecule has 0 fully saturated rings. The molecule has 1 aromatic carbocycles. The van der Waals surface area contributed by atoms with Crippen LogP contribution in [0, 0.1) is 18.8 Å². The Morgan fingerprint density at radius 3 is 2.67 bits per heavy atom. The Hall–Kier alpha value is -1.26. The molecule has 0 saturated carbocycles. The maximum Gasteiger partial charge on any atom is 0.0103 e. The van der Waals surface area contributed by atoms with Crippen LogP contribution in [0.2, 0.25) is 0 Å². The molecule has 0 saturated heterocycles. The van der Waals surface area contributed by atoms with Crippen LogP contribution in [0.25, 0.3) is 0 Å². The lowest BCUT2D eigenvalue weighted by Gasteiger charge is -2.17. The highest BCUT2D eigenvalue weighted by Crippen LogP contribution is 2.12. The summed E-state index contributed by atoms with van der Waals surface area (Å²) in [6, 6.07) is 9.27. The molecule has 0 spiro atoms. The third kappa shape index (κ3) is 5.38. The predicted octanol–water partition coefficient (Wildman–Crippen LogP) is 3.71. The third-order valence-electron chi connectivity index (χ3n) is 3.31. The zero-order chi connectivity index (χ0) is 13.2. The summed E-state index contributed by atoms with van der Waals surface area (Å²) in [6.45, 7) is 7.32. The molecule has 0 aliphatic carbocycles. The summed E-state index contributed by atoms with van der Waals surface area (Å²) < 4.78 is 0. The molecule has 1 rings (SSSR count). The van der Waals surface area contributed by atoms with Gasteiger partial charge in [0.05, 0.1) is 0 Å². The third-order valence-corrected chi connectivity index (χ3v) is 3.31. The van der Waals surface area contributed by atoms with E-state index in [1.54, 1.807) is 0 Å². The fourth-order valence-electron chi connectivity index (χ4n) is 2.23. The van der Waals surface area contributed by atoms with Crippen molar-refractivity contribution in [3.05, 3.63) is 35.4 Å². The summed E-state index contributed by atoms with van der Waals surface area (Å²) in [6.07, 6.45) is 4.51. The van der Waals surface area contributed by atoms with Gasteiger partial charge in [0, 0.05) is 12.5 Å². The SMILES string of the molecule is CC#CCCC(CCc1ccccc1C)NCC. The molecule has 1 heteroatoms. The smallest absolute Gasteiger partial charge is 0.0103 e. The first-order chi connectivity index (χ1) is 8.77. The van der Waals surface area contributed by atoms with Crippen molar-refractivity contribution in [2.75, 3.05) is 6.54 Å². The van der Waals surface area contributed by atoms with E-state index in [4.69, 9.17) is 0 Å². The lowest BCUT2D eigenvalue weighted by atomic mass is 9.99. The van der Waals surface area contributed by atoms with Crippen molar-refractivity contribution in [2.24, 2.45) is 0 Å². The molecule has 0 aliphatic rings. The van der Waals surface area contributed by atoms with E-state index in [9.17, 15) is 0 Å². The highest BCUT2D eigenvalue weighted by atomic mass is 14.9. The monoisotopic (exact) mass is 243 g/mol. The van der Waals surface area contributed by atoms with Crippen LogP contribution in [0.4, 0.5) is 0 Å². The van der Waals surface area contributed by atoms with Crippen LogP contribution in [0.5, 0.6) is 0 Å². The highest BCUT2D eigenvalue weighted by Gasteiger charge is 2.07. The van der Waals surface area contributed by atoms with E-state index in [-0.39, 0.29) is 0 Å². The van der Waals surface area contributed by atoms with Gasteiger partial charge >= 0.3 is 0 Å². The fraction of sp³-hybridized carbons (Fsp3) is 0.529. The Bertz CT molecular complexity index is 398. The number of hydrogen-bond acceptors (Lipinski definition) is 1. The van der Waals surface area contributed by atoms with Gasteiger partial charge in [0.2, 0.25) is 0 Å². The van der Waals surface area contributed by atoms with Crippen molar-refractivity contribution in [3.8, 4) is 11.8 Å². The summed E-state index contributed by atoms with van der Waals surface area (Å²) in [4.78, 5) is 0. The second kappa shape index (κ2) is 8.78. The first-order valence-electron chi connectivity index (χ1n) is 6.95. The quantitative estimate of drug-likeness (QED) is 0.720. The number of benzene rings is 1. The van der Waals surface area contributed by atoms with E-state index in [0.29, 0.717) is 6.04 Å². The van der Waals surface area contributed by atoms with Crippen LogP contribution in [0.15, 0.2) is 24.3 Å². The zero-order valence-electron chi connectivity index (χ0n) is 11.9. The van der Waals surface area contributed by atoms with E-state index < -0.39 is 0 Å². The van der Waals surface area contributed by atoms with Crippen LogP contribution in [0.1, 0.15) is 44.2 Å². The second-order valence-electron chi connectivity index (χ2n) is 4.69. The van der Waals surface area contributed by atoms with Gasteiger partial charge in [-0.1, -0.05) is 31.2 Å². The molecule has 0 radical (unpaired) electrons. The van der Waals surface area contributed by atoms with Crippen LogP contribution >= 0.6 is 0 Å². The maximum atomic E-state index is 3.56. The molecule has 0 aromatic heterocycles. The summed E-state index contributed by atoms with van der Waals surface area (Å²) >= 11 is 0. The minimum atomic E-state index is 0.593. The van der Waals surface area contributed by atoms with Crippen LogP contribution in [-0.2, 0) is 6.42 Å². The molecule has 0 heterocycles. The number of nitrogens with one attached hydrogen (secondary N) is 1. The molecule has 0 aliphatic heterocycles. The molecule has 98 valence electrons. The Morgan fingerprint density at radius 2 is 2.00 bits per heavy atom. The standard InChI is InChI=1S/C17H25N/c1-4-6-7-12-17(18-5-2)14-13-16-11-9-8-10-15(16)3/h8-11,17-18H,5,7,12-14H2,1-3H3. The lowest BCUT2D eigenvalue weighted by molar-refractivity contribution is 0.469. The molecule has 1 unspecified atom stereocenters. The molecule has 0 amide bonds. The van der Waals surface area contributed by atoms with E-state index in [0.717, 1.165) is 25.8 Å². The van der Waals surface area contributed by atoms with Crippen LogP contribution in [-0.4, -0.2) is 12.6 Å². The van der Waals surface area contributed by atoms with Gasteiger partial charge in [0.25, 0.3) is 0 Å². The molecule has 1 nitrogen and oxygen atoms in total. The minimum absolute atomic E-state index is 0.593. The van der Waals surface area contributed by atoms with Crippen molar-refractivity contribution in [3.63, 3.8) is 0 Å². The average molecular weight is 243 g/mol. The van der Waals surface area contributed by atoms with Gasteiger partial charge in [-0.05, 0) is 50.8 Å². The normalized spacial score (nSPS) is 11.7. The zero-order valence-corrected chi connectivity index (χ0v) is 11.9. The van der Waals surface area contributed by atoms with Crippen molar-refractivity contribution in [1.82, 2.24) is 5.32 Å². The molecule has 0 bridgehead atoms. The lowest BCUT2D eigenvalue weighted by Crippen LogP contribution is -2.29. The Morgan fingerprint density at radius 1 is 1.22 bits per heavy atom. The molecule has 18 heavy (non-hydrogen) atoms. The van der Waals surface area contributed by atoms with Crippen molar-refractivity contribution >= 4 is 0 Å². The first-order valence-corrected chi connectivity index (χ1v) is 6.95. The van der Waals surface area contributed by atoms with Gasteiger partial charge in [-0.2, -0.15) is 0 Å². The second-order valence-corrected chi connectivity index (χ2v) is 4.69. The van der Waals surface area contributed by atoms with E-state index in [2.05, 4.69) is 55.3 Å². The molecule has 1 aromatic rings. The van der Waals surface area contributed by atoms with Gasteiger partial charge in [-0.25, -0.2) is 0 Å². The number of aryl methyl sites for hydroxylation is 2. The van der Waals surface area contributed by atoms with E-state index in [1.807, 2.05) is 6.92 Å². The van der Waals surface area contributed by atoms with E-state index >= 15 is 0 Å². The van der Waals surface area contributed by atoms with E-state index in [1.165, 1.54) is 17.5 Å². The topological polar surface area (TPSA) is 12.0 Å².